The van der Waals surface area contributed by atoms with E-state index in [-0.39, 0.29) is 0 Å². The van der Waals surface area contributed by atoms with Crippen molar-refractivity contribution in [3.05, 3.63) is 34.1 Å². The van der Waals surface area contributed by atoms with Gasteiger partial charge in [-0.25, -0.2) is 8.42 Å². The van der Waals surface area contributed by atoms with Gasteiger partial charge in [0.25, 0.3) is 10.0 Å². The summed E-state index contributed by atoms with van der Waals surface area (Å²) in [6, 6.07) is 2.88. The molecule has 1 rings (SSSR count). The molecule has 0 heterocycles. The second-order valence-electron chi connectivity index (χ2n) is 4.52. The van der Waals surface area contributed by atoms with Crippen LogP contribution in [0.15, 0.2) is 23.1 Å². The first-order valence-corrected chi connectivity index (χ1v) is 6.89. The van der Waals surface area contributed by atoms with Crippen LogP contribution in [0, 0.1) is 28.3 Å². The zero-order valence-electron chi connectivity index (χ0n) is 11.1. The highest BCUT2D eigenvalue weighted by Crippen LogP contribution is 2.31. The van der Waals surface area contributed by atoms with Gasteiger partial charge >= 0.3 is 5.69 Å². The van der Waals surface area contributed by atoms with Crippen LogP contribution in [0.25, 0.3) is 0 Å². The van der Waals surface area contributed by atoms with Crippen LogP contribution in [-0.4, -0.2) is 30.2 Å². The van der Waals surface area contributed by atoms with E-state index in [1.165, 1.54) is 20.9 Å². The van der Waals surface area contributed by atoms with Gasteiger partial charge < -0.3 is 0 Å². The molecule has 8 heteroatoms. The van der Waals surface area contributed by atoms with E-state index in [0.29, 0.717) is 0 Å². The summed E-state index contributed by atoms with van der Waals surface area (Å²) >= 11 is 0. The van der Waals surface area contributed by atoms with Crippen molar-refractivity contribution in [1.82, 2.24) is 4.31 Å². The van der Waals surface area contributed by atoms with E-state index < -0.39 is 36.9 Å². The van der Waals surface area contributed by atoms with Crippen molar-refractivity contribution in [3.8, 4) is 12.3 Å². The number of nitrogens with zero attached hydrogens (tertiary/aromatic N) is 2. The van der Waals surface area contributed by atoms with Crippen LogP contribution in [0.2, 0.25) is 0 Å². The van der Waals surface area contributed by atoms with E-state index in [2.05, 4.69) is 5.92 Å². The van der Waals surface area contributed by atoms with Gasteiger partial charge in [0.15, 0.2) is 4.90 Å². The van der Waals surface area contributed by atoms with Gasteiger partial charge in [0, 0.05) is 7.05 Å². The molecule has 0 atom stereocenters. The van der Waals surface area contributed by atoms with E-state index in [0.717, 1.165) is 22.5 Å². The number of terminal acetylenes is 1. The molecule has 0 fully saturated rings. The summed E-state index contributed by atoms with van der Waals surface area (Å²) in [4.78, 5) is 9.07. The van der Waals surface area contributed by atoms with E-state index >= 15 is 0 Å². The quantitative estimate of drug-likeness (QED) is 0.482. The first-order valence-electron chi connectivity index (χ1n) is 5.45. The first-order chi connectivity index (χ1) is 9.05. The van der Waals surface area contributed by atoms with Crippen molar-refractivity contribution in [2.75, 3.05) is 7.05 Å². The Morgan fingerprint density at radius 2 is 2.00 bits per heavy atom. The normalized spacial score (nSPS) is 12.2. The third-order valence-corrected chi connectivity index (χ3v) is 4.97. The number of halogens is 1. The lowest BCUT2D eigenvalue weighted by atomic mass is 10.1. The number of hydrogen-bond acceptors (Lipinski definition) is 4. The molecule has 20 heavy (non-hydrogen) atoms. The summed E-state index contributed by atoms with van der Waals surface area (Å²) in [6.07, 6.45) is 5.25. The number of hydrogen-bond donors (Lipinski definition) is 0. The lowest BCUT2D eigenvalue weighted by molar-refractivity contribution is -0.390. The minimum Gasteiger partial charge on any atom is -0.258 e. The second kappa shape index (κ2) is 5.19. The molecule has 0 spiro atoms. The van der Waals surface area contributed by atoms with Crippen LogP contribution in [0.5, 0.6) is 0 Å². The fourth-order valence-corrected chi connectivity index (χ4v) is 3.04. The lowest BCUT2D eigenvalue weighted by Gasteiger charge is -2.29. The molecule has 0 aliphatic heterocycles. The van der Waals surface area contributed by atoms with Gasteiger partial charge in [0.1, 0.15) is 0 Å². The predicted octanol–water partition coefficient (Wildman–Crippen LogP) is 1.77. The predicted molar refractivity (Wildman–Crippen MR) is 70.9 cm³/mol. The SMILES string of the molecule is C#CC(C)(C)N(C)S(=O)(=O)c1cccc(F)c1[N+](=O)[O-]. The van der Waals surface area contributed by atoms with Crippen molar-refractivity contribution >= 4 is 15.7 Å². The summed E-state index contributed by atoms with van der Waals surface area (Å²) < 4.78 is 39.1. The molecule has 0 aliphatic carbocycles. The Morgan fingerprint density at radius 1 is 1.45 bits per heavy atom. The van der Waals surface area contributed by atoms with Crippen molar-refractivity contribution in [1.29, 1.82) is 0 Å². The largest absolute Gasteiger partial charge is 0.324 e. The minimum absolute atomic E-state index is 0.728. The third kappa shape index (κ3) is 2.64. The van der Waals surface area contributed by atoms with Gasteiger partial charge in [0.2, 0.25) is 5.82 Å². The molecule has 0 bridgehead atoms. The Balaban J connectivity index is 3.58. The molecule has 0 aliphatic rings. The fraction of sp³-hybridized carbons (Fsp3) is 0.333. The molecule has 6 nitrogen and oxygen atoms in total. The Morgan fingerprint density at radius 3 is 2.45 bits per heavy atom. The Kier molecular flexibility index (Phi) is 4.17. The van der Waals surface area contributed by atoms with Crippen LogP contribution in [0.4, 0.5) is 10.1 Å². The molecular weight excluding hydrogens is 287 g/mol. The summed E-state index contributed by atoms with van der Waals surface area (Å²) in [5.74, 6) is 1.04. The molecule has 0 saturated heterocycles. The number of sulfonamides is 1. The van der Waals surface area contributed by atoms with Crippen LogP contribution in [-0.2, 0) is 10.0 Å². The molecule has 0 unspecified atom stereocenters. The Labute approximate surface area is 116 Å². The van der Waals surface area contributed by atoms with E-state index in [1.807, 2.05) is 0 Å². The maximum absolute atomic E-state index is 13.5. The standard InChI is InChI=1S/C12H13FN2O4S/c1-5-12(2,3)14(4)20(18,19)10-8-6-7-9(13)11(10)15(16)17/h1,6-8H,2-4H3. The zero-order valence-corrected chi connectivity index (χ0v) is 11.9. The maximum atomic E-state index is 13.5. The van der Waals surface area contributed by atoms with Crippen LogP contribution in [0.3, 0.4) is 0 Å². The Bertz CT molecular complexity index is 692. The molecule has 0 amide bonds. The number of nitro benzene ring substituents is 1. The molecule has 0 aromatic heterocycles. The zero-order chi connectivity index (χ0) is 15.7. The van der Waals surface area contributed by atoms with Gasteiger partial charge in [-0.15, -0.1) is 6.42 Å². The lowest BCUT2D eigenvalue weighted by Crippen LogP contribution is -2.43. The number of para-hydroxylation sites is 1. The smallest absolute Gasteiger partial charge is 0.258 e. The van der Waals surface area contributed by atoms with Gasteiger partial charge in [-0.1, -0.05) is 12.0 Å². The van der Waals surface area contributed by atoms with Gasteiger partial charge in [-0.3, -0.25) is 10.1 Å². The van der Waals surface area contributed by atoms with E-state index in [1.54, 1.807) is 0 Å². The molecule has 1 aromatic carbocycles. The van der Waals surface area contributed by atoms with Crippen molar-refractivity contribution in [3.63, 3.8) is 0 Å². The summed E-state index contributed by atoms with van der Waals surface area (Å²) in [6.45, 7) is 2.91. The van der Waals surface area contributed by atoms with Gasteiger partial charge in [-0.2, -0.15) is 8.70 Å². The fourth-order valence-electron chi connectivity index (χ4n) is 1.42. The van der Waals surface area contributed by atoms with Gasteiger partial charge in [-0.05, 0) is 26.0 Å². The van der Waals surface area contributed by atoms with E-state index in [4.69, 9.17) is 6.42 Å². The highest BCUT2D eigenvalue weighted by Gasteiger charge is 2.38. The average molecular weight is 300 g/mol. The summed E-state index contributed by atoms with van der Waals surface area (Å²) in [7, 11) is -3.11. The molecule has 0 radical (unpaired) electrons. The number of nitro groups is 1. The molecular formula is C12H13FN2O4S. The maximum Gasteiger partial charge on any atom is 0.324 e. The number of benzene rings is 1. The molecule has 0 saturated carbocycles. The average Bonchev–Trinajstić information content (AvgIpc) is 2.36. The number of rotatable bonds is 4. The van der Waals surface area contributed by atoms with Gasteiger partial charge in [0.05, 0.1) is 10.5 Å². The van der Waals surface area contributed by atoms with E-state index in [9.17, 15) is 22.9 Å². The second-order valence-corrected chi connectivity index (χ2v) is 6.46. The summed E-state index contributed by atoms with van der Waals surface area (Å²) in [5, 5.41) is 10.9. The third-order valence-electron chi connectivity index (χ3n) is 2.91. The minimum atomic E-state index is -4.30. The molecule has 0 N–H and O–H groups in total. The van der Waals surface area contributed by atoms with Crippen molar-refractivity contribution < 1.29 is 17.7 Å². The summed E-state index contributed by atoms with van der Waals surface area (Å²) in [5.41, 5.74) is -2.30. The van der Waals surface area contributed by atoms with Crippen LogP contribution < -0.4 is 0 Å². The van der Waals surface area contributed by atoms with Crippen LogP contribution in [0.1, 0.15) is 13.8 Å². The molecule has 1 aromatic rings. The molecule has 108 valence electrons. The highest BCUT2D eigenvalue weighted by molar-refractivity contribution is 7.89. The Hall–Kier alpha value is -1.98. The highest BCUT2D eigenvalue weighted by atomic mass is 32.2. The first kappa shape index (κ1) is 16.1. The van der Waals surface area contributed by atoms with Crippen molar-refractivity contribution in [2.45, 2.75) is 24.3 Å². The topological polar surface area (TPSA) is 80.5 Å². The monoisotopic (exact) mass is 300 g/mol. The van der Waals surface area contributed by atoms with Crippen LogP contribution >= 0.6 is 0 Å². The van der Waals surface area contributed by atoms with Crippen molar-refractivity contribution in [2.24, 2.45) is 0 Å².